The van der Waals surface area contributed by atoms with Gasteiger partial charge in [0.2, 0.25) is 0 Å². The third-order valence-electron chi connectivity index (χ3n) is 3.45. The molecule has 0 unspecified atom stereocenters. The SMILES string of the molecule is Clc1ccc2c(N3CCCNCC3)nccc2c1Cl. The van der Waals surface area contributed by atoms with E-state index in [0.29, 0.717) is 10.0 Å². The third-order valence-corrected chi connectivity index (χ3v) is 4.27. The lowest BCUT2D eigenvalue weighted by Crippen LogP contribution is -2.28. The number of hydrogen-bond acceptors (Lipinski definition) is 3. The smallest absolute Gasteiger partial charge is 0.136 e. The van der Waals surface area contributed by atoms with Gasteiger partial charge in [0.15, 0.2) is 0 Å². The van der Waals surface area contributed by atoms with Crippen molar-refractivity contribution in [2.24, 2.45) is 0 Å². The van der Waals surface area contributed by atoms with E-state index in [1.807, 2.05) is 18.2 Å². The molecule has 0 atom stereocenters. The predicted octanol–water partition coefficient (Wildman–Crippen LogP) is 3.34. The van der Waals surface area contributed by atoms with Gasteiger partial charge in [0.25, 0.3) is 0 Å². The average molecular weight is 296 g/mol. The van der Waals surface area contributed by atoms with Crippen molar-refractivity contribution in [3.63, 3.8) is 0 Å². The Bertz CT molecular complexity index is 593. The van der Waals surface area contributed by atoms with Gasteiger partial charge in [-0.25, -0.2) is 4.98 Å². The molecule has 0 bridgehead atoms. The van der Waals surface area contributed by atoms with Gasteiger partial charge in [-0.15, -0.1) is 0 Å². The number of pyridine rings is 1. The highest BCUT2D eigenvalue weighted by Crippen LogP contribution is 2.34. The summed E-state index contributed by atoms with van der Waals surface area (Å²) in [5.41, 5.74) is 0. The number of nitrogens with one attached hydrogen (secondary N) is 1. The Morgan fingerprint density at radius 1 is 1.05 bits per heavy atom. The van der Waals surface area contributed by atoms with Crippen molar-refractivity contribution in [3.8, 4) is 0 Å². The summed E-state index contributed by atoms with van der Waals surface area (Å²) in [6, 6.07) is 5.76. The van der Waals surface area contributed by atoms with E-state index in [2.05, 4.69) is 15.2 Å². The quantitative estimate of drug-likeness (QED) is 0.875. The van der Waals surface area contributed by atoms with Gasteiger partial charge in [0, 0.05) is 36.6 Å². The zero-order chi connectivity index (χ0) is 13.2. The summed E-state index contributed by atoms with van der Waals surface area (Å²) in [4.78, 5) is 6.85. The van der Waals surface area contributed by atoms with Crippen LogP contribution in [0.2, 0.25) is 10.0 Å². The zero-order valence-corrected chi connectivity index (χ0v) is 12.0. The number of benzene rings is 1. The van der Waals surface area contributed by atoms with Crippen molar-refractivity contribution >= 4 is 39.8 Å². The van der Waals surface area contributed by atoms with E-state index < -0.39 is 0 Å². The minimum absolute atomic E-state index is 0.587. The van der Waals surface area contributed by atoms with Gasteiger partial charge in [-0.2, -0.15) is 0 Å². The third kappa shape index (κ3) is 2.50. The summed E-state index contributed by atoms with van der Waals surface area (Å²) in [7, 11) is 0. The topological polar surface area (TPSA) is 28.2 Å². The zero-order valence-electron chi connectivity index (χ0n) is 10.5. The lowest BCUT2D eigenvalue weighted by molar-refractivity contribution is 0.724. The van der Waals surface area contributed by atoms with E-state index in [9.17, 15) is 0 Å². The molecule has 0 saturated carbocycles. The Morgan fingerprint density at radius 3 is 2.84 bits per heavy atom. The molecular formula is C14H15Cl2N3. The fourth-order valence-electron chi connectivity index (χ4n) is 2.49. The number of aromatic nitrogens is 1. The summed E-state index contributed by atoms with van der Waals surface area (Å²) in [6.07, 6.45) is 2.93. The van der Waals surface area contributed by atoms with Crippen LogP contribution in [0.5, 0.6) is 0 Å². The van der Waals surface area contributed by atoms with E-state index in [4.69, 9.17) is 23.2 Å². The molecule has 0 aliphatic carbocycles. The highest BCUT2D eigenvalue weighted by atomic mass is 35.5. The number of hydrogen-bond donors (Lipinski definition) is 1. The molecule has 0 spiro atoms. The van der Waals surface area contributed by atoms with E-state index in [0.717, 1.165) is 49.2 Å². The van der Waals surface area contributed by atoms with Gasteiger partial charge >= 0.3 is 0 Å². The van der Waals surface area contributed by atoms with Crippen LogP contribution in [0.4, 0.5) is 5.82 Å². The summed E-state index contributed by atoms with van der Waals surface area (Å²) in [5.74, 6) is 1.000. The van der Waals surface area contributed by atoms with Crippen molar-refractivity contribution in [2.75, 3.05) is 31.1 Å². The maximum absolute atomic E-state index is 6.28. The van der Waals surface area contributed by atoms with Crippen LogP contribution in [-0.4, -0.2) is 31.2 Å². The lowest BCUT2D eigenvalue weighted by atomic mass is 10.1. The van der Waals surface area contributed by atoms with Crippen LogP contribution in [0.3, 0.4) is 0 Å². The fraction of sp³-hybridized carbons (Fsp3) is 0.357. The van der Waals surface area contributed by atoms with Crippen molar-refractivity contribution < 1.29 is 0 Å². The molecule has 0 amide bonds. The van der Waals surface area contributed by atoms with E-state index in [1.54, 1.807) is 6.20 Å². The largest absolute Gasteiger partial charge is 0.355 e. The average Bonchev–Trinajstić information content (AvgIpc) is 2.71. The fourth-order valence-corrected chi connectivity index (χ4v) is 2.88. The van der Waals surface area contributed by atoms with Crippen LogP contribution >= 0.6 is 23.2 Å². The van der Waals surface area contributed by atoms with Crippen LogP contribution in [0.15, 0.2) is 24.4 Å². The minimum atomic E-state index is 0.587. The van der Waals surface area contributed by atoms with Crippen molar-refractivity contribution in [2.45, 2.75) is 6.42 Å². The molecule has 1 aromatic carbocycles. The molecule has 1 aliphatic heterocycles. The molecule has 1 fully saturated rings. The number of nitrogens with zero attached hydrogens (tertiary/aromatic N) is 2. The van der Waals surface area contributed by atoms with Crippen molar-refractivity contribution in [1.29, 1.82) is 0 Å². The highest BCUT2D eigenvalue weighted by molar-refractivity contribution is 6.45. The molecule has 1 aliphatic rings. The standard InChI is InChI=1S/C14H15Cl2N3/c15-12-3-2-11-10(13(12)16)4-6-18-14(11)19-8-1-5-17-7-9-19/h2-4,6,17H,1,5,7-9H2. The van der Waals surface area contributed by atoms with Gasteiger partial charge in [0.1, 0.15) is 5.82 Å². The van der Waals surface area contributed by atoms with Gasteiger partial charge in [-0.3, -0.25) is 0 Å². The van der Waals surface area contributed by atoms with Gasteiger partial charge in [-0.05, 0) is 31.2 Å². The predicted molar refractivity (Wildman–Crippen MR) is 81.5 cm³/mol. The molecule has 0 radical (unpaired) electrons. The van der Waals surface area contributed by atoms with E-state index in [1.165, 1.54) is 0 Å². The molecule has 3 rings (SSSR count). The normalized spacial score (nSPS) is 16.6. The Kier molecular flexibility index (Phi) is 3.78. The van der Waals surface area contributed by atoms with Gasteiger partial charge in [-0.1, -0.05) is 23.2 Å². The Morgan fingerprint density at radius 2 is 1.95 bits per heavy atom. The van der Waals surface area contributed by atoms with Crippen LogP contribution in [0, 0.1) is 0 Å². The first-order valence-corrected chi connectivity index (χ1v) is 7.21. The molecule has 1 saturated heterocycles. The Labute approximate surface area is 122 Å². The number of fused-ring (bicyclic) bond motifs is 1. The first kappa shape index (κ1) is 13.0. The van der Waals surface area contributed by atoms with Crippen molar-refractivity contribution in [3.05, 3.63) is 34.4 Å². The molecule has 1 aromatic heterocycles. The summed E-state index contributed by atoms with van der Waals surface area (Å²) in [6.45, 7) is 4.03. The van der Waals surface area contributed by atoms with Gasteiger partial charge in [0.05, 0.1) is 10.0 Å². The van der Waals surface area contributed by atoms with Crippen LogP contribution in [0.1, 0.15) is 6.42 Å². The molecule has 2 heterocycles. The lowest BCUT2D eigenvalue weighted by Gasteiger charge is -2.22. The number of rotatable bonds is 1. The summed E-state index contributed by atoms with van der Waals surface area (Å²) in [5, 5.41) is 6.63. The second kappa shape index (κ2) is 5.53. The molecule has 2 aromatic rings. The van der Waals surface area contributed by atoms with Crippen LogP contribution in [0.25, 0.3) is 10.8 Å². The minimum Gasteiger partial charge on any atom is -0.355 e. The number of halogens is 2. The molecule has 100 valence electrons. The molecule has 3 nitrogen and oxygen atoms in total. The highest BCUT2D eigenvalue weighted by Gasteiger charge is 2.15. The second-order valence-electron chi connectivity index (χ2n) is 4.68. The summed E-state index contributed by atoms with van der Waals surface area (Å²) >= 11 is 12.4. The molecule has 5 heteroatoms. The van der Waals surface area contributed by atoms with Crippen LogP contribution in [-0.2, 0) is 0 Å². The maximum atomic E-state index is 6.28. The second-order valence-corrected chi connectivity index (χ2v) is 5.47. The van der Waals surface area contributed by atoms with E-state index >= 15 is 0 Å². The maximum Gasteiger partial charge on any atom is 0.136 e. The first-order chi connectivity index (χ1) is 9.27. The van der Waals surface area contributed by atoms with Crippen LogP contribution < -0.4 is 10.2 Å². The Hall–Kier alpha value is -1.03. The molecule has 19 heavy (non-hydrogen) atoms. The number of anilines is 1. The van der Waals surface area contributed by atoms with E-state index in [-0.39, 0.29) is 0 Å². The summed E-state index contributed by atoms with van der Waals surface area (Å²) < 4.78 is 0. The monoisotopic (exact) mass is 295 g/mol. The molecular weight excluding hydrogens is 281 g/mol. The molecule has 1 N–H and O–H groups in total. The Balaban J connectivity index is 2.10. The van der Waals surface area contributed by atoms with Gasteiger partial charge < -0.3 is 10.2 Å². The van der Waals surface area contributed by atoms with Crippen molar-refractivity contribution in [1.82, 2.24) is 10.3 Å². The first-order valence-electron chi connectivity index (χ1n) is 6.46.